The highest BCUT2D eigenvalue weighted by molar-refractivity contribution is 6.72. The number of rotatable bonds is 10. The number of aliphatic hydroxyl groups excluding tert-OH is 1. The summed E-state index contributed by atoms with van der Waals surface area (Å²) >= 11 is 0. The van der Waals surface area contributed by atoms with Gasteiger partial charge in [-0.15, -0.1) is 5.10 Å². The first-order chi connectivity index (χ1) is 24.5. The third-order valence-corrected chi connectivity index (χ3v) is 13.3. The van der Waals surface area contributed by atoms with E-state index in [9.17, 15) is 14.7 Å². The smallest absolute Gasteiger partial charge is 0.264 e. The van der Waals surface area contributed by atoms with E-state index < -0.39 is 31.6 Å². The highest BCUT2D eigenvalue weighted by Gasteiger charge is 2.66. The van der Waals surface area contributed by atoms with Crippen molar-refractivity contribution in [3.8, 4) is 5.75 Å². The summed E-state index contributed by atoms with van der Waals surface area (Å²) < 4.78 is 30.5. The summed E-state index contributed by atoms with van der Waals surface area (Å²) in [6.45, 7) is 5.99. The lowest BCUT2D eigenvalue weighted by molar-refractivity contribution is -0.146. The summed E-state index contributed by atoms with van der Waals surface area (Å²) in [5.74, 6) is -0.161. The molecule has 51 heavy (non-hydrogen) atoms. The molecule has 0 saturated carbocycles. The van der Waals surface area contributed by atoms with Crippen LogP contribution < -0.4 is 14.5 Å². The van der Waals surface area contributed by atoms with Crippen LogP contribution in [0, 0.1) is 5.92 Å². The summed E-state index contributed by atoms with van der Waals surface area (Å²) in [6.07, 6.45) is 2.09. The minimum atomic E-state index is -3.36. The van der Waals surface area contributed by atoms with Crippen LogP contribution in [0.4, 0.5) is 21.2 Å². The van der Waals surface area contributed by atoms with Crippen LogP contribution in [-0.2, 0) is 34.6 Å². The van der Waals surface area contributed by atoms with E-state index in [-0.39, 0.29) is 25.0 Å². The maximum atomic E-state index is 16.3. The maximum absolute atomic E-state index is 16.3. The predicted molar refractivity (Wildman–Crippen MR) is 195 cm³/mol. The minimum Gasteiger partial charge on any atom is -0.497 e. The Labute approximate surface area is 296 Å². The molecule has 5 aromatic rings. The first-order valence-electron chi connectivity index (χ1n) is 17.4. The molecule has 1 aromatic heterocycles. The molecule has 2 amide bonds. The third kappa shape index (κ3) is 5.27. The van der Waals surface area contributed by atoms with Crippen molar-refractivity contribution in [1.29, 1.82) is 0 Å². The van der Waals surface area contributed by atoms with E-state index in [2.05, 4.69) is 10.3 Å². The summed E-state index contributed by atoms with van der Waals surface area (Å²) in [4.78, 5) is 31.9. The number of ether oxygens (including phenoxy) is 2. The molecular weight excluding hydrogens is 666 g/mol. The number of aromatic nitrogens is 3. The van der Waals surface area contributed by atoms with Gasteiger partial charge in [0.05, 0.1) is 42.4 Å². The number of hydrogen-bond acceptors (Lipinski definition) is 7. The van der Waals surface area contributed by atoms with Crippen molar-refractivity contribution in [2.75, 3.05) is 23.5 Å². The van der Waals surface area contributed by atoms with Gasteiger partial charge >= 0.3 is 0 Å². The Kier molecular flexibility index (Phi) is 8.08. The number of fused-ring (bicyclic) bond motifs is 2. The highest BCUT2D eigenvalue weighted by atomic mass is 28.4. The monoisotopic (exact) mass is 705 g/mol. The van der Waals surface area contributed by atoms with Crippen LogP contribution in [-0.4, -0.2) is 60.1 Å². The van der Waals surface area contributed by atoms with Crippen LogP contribution in [0.3, 0.4) is 0 Å². The molecule has 0 radical (unpaired) electrons. The van der Waals surface area contributed by atoms with Gasteiger partial charge in [-0.05, 0) is 72.9 Å². The molecule has 4 heterocycles. The van der Waals surface area contributed by atoms with Crippen molar-refractivity contribution in [1.82, 2.24) is 15.0 Å². The molecule has 1 N–H and O–H groups in total. The Morgan fingerprint density at radius 2 is 1.78 bits per heavy atom. The number of halogens is 1. The van der Waals surface area contributed by atoms with E-state index in [0.29, 0.717) is 47.6 Å². The Hall–Kier alpha value is -4.91. The zero-order valence-electron chi connectivity index (χ0n) is 29.0. The van der Waals surface area contributed by atoms with E-state index in [1.54, 1.807) is 40.9 Å². The van der Waals surface area contributed by atoms with Gasteiger partial charge in [0.1, 0.15) is 5.75 Å². The molecule has 1 spiro atoms. The average molecular weight is 706 g/mol. The average Bonchev–Trinajstić information content (AvgIpc) is 3.84. The first-order valence-corrected chi connectivity index (χ1v) is 20.3. The number of carbonyl (C=O) groups is 2. The predicted octanol–water partition coefficient (Wildman–Crippen LogP) is 6.68. The van der Waals surface area contributed by atoms with Crippen LogP contribution in [0.5, 0.6) is 5.75 Å². The SMILES string of the molecule is COc1ccc2c(c1)[C@@]1(O[C@H](CCn3cc(CCO)nn3)[C@@H]([Si](C)(C)F)[C@@H]1C)C(=O)N2Cc1ccc(N2C(=O)c3cccc4cccc2c34)cc1. The van der Waals surface area contributed by atoms with Gasteiger partial charge in [-0.3, -0.25) is 19.2 Å². The number of carbonyl (C=O) groups excluding carboxylic acids is 2. The summed E-state index contributed by atoms with van der Waals surface area (Å²) in [5, 5.41) is 19.6. The summed E-state index contributed by atoms with van der Waals surface area (Å²) in [7, 11) is -1.78. The van der Waals surface area contributed by atoms with Crippen LogP contribution in [0.2, 0.25) is 18.6 Å². The van der Waals surface area contributed by atoms with Crippen molar-refractivity contribution in [2.24, 2.45) is 5.92 Å². The van der Waals surface area contributed by atoms with Gasteiger partial charge in [-0.25, -0.2) is 0 Å². The molecular formula is C39H40FN5O5Si. The van der Waals surface area contributed by atoms with Crippen molar-refractivity contribution in [3.63, 3.8) is 0 Å². The van der Waals surface area contributed by atoms with Gasteiger partial charge in [0, 0.05) is 53.9 Å². The summed E-state index contributed by atoms with van der Waals surface area (Å²) in [5.41, 5.74) is 3.35. The Morgan fingerprint density at radius 3 is 2.51 bits per heavy atom. The van der Waals surface area contributed by atoms with Crippen molar-refractivity contribution >= 4 is 48.1 Å². The lowest BCUT2D eigenvalue weighted by Gasteiger charge is -2.31. The van der Waals surface area contributed by atoms with Gasteiger partial charge in [-0.1, -0.05) is 48.5 Å². The van der Waals surface area contributed by atoms with Crippen molar-refractivity contribution in [2.45, 2.75) is 63.2 Å². The lowest BCUT2D eigenvalue weighted by Crippen LogP contribution is -2.45. The Morgan fingerprint density at radius 1 is 1.02 bits per heavy atom. The molecule has 10 nitrogen and oxygen atoms in total. The first kappa shape index (κ1) is 33.2. The molecule has 12 heteroatoms. The van der Waals surface area contributed by atoms with Crippen molar-refractivity contribution < 1.29 is 28.3 Å². The number of hydrogen-bond donors (Lipinski definition) is 1. The number of anilines is 3. The number of benzene rings is 4. The third-order valence-electron chi connectivity index (χ3n) is 10.9. The minimum absolute atomic E-state index is 0.0242. The number of amides is 2. The normalized spacial score (nSPS) is 22.5. The zero-order chi connectivity index (χ0) is 35.7. The molecule has 4 aromatic carbocycles. The fraction of sp³-hybridized carbons (Fsp3) is 0.333. The van der Waals surface area contributed by atoms with E-state index in [1.807, 2.05) is 85.8 Å². The molecule has 262 valence electrons. The highest BCUT2D eigenvalue weighted by Crippen LogP contribution is 2.60. The zero-order valence-corrected chi connectivity index (χ0v) is 30.0. The molecule has 3 aliphatic rings. The quantitative estimate of drug-likeness (QED) is 0.128. The van der Waals surface area contributed by atoms with E-state index >= 15 is 4.11 Å². The van der Waals surface area contributed by atoms with E-state index in [0.717, 1.165) is 27.7 Å². The van der Waals surface area contributed by atoms with Crippen LogP contribution in [0.1, 0.15) is 40.5 Å². The molecule has 1 fully saturated rings. The largest absolute Gasteiger partial charge is 0.497 e. The van der Waals surface area contributed by atoms with E-state index in [4.69, 9.17) is 9.47 Å². The van der Waals surface area contributed by atoms with Gasteiger partial charge in [-0.2, -0.15) is 0 Å². The second-order valence-corrected chi connectivity index (χ2v) is 18.1. The van der Waals surface area contributed by atoms with Crippen LogP contribution in [0.25, 0.3) is 10.8 Å². The second kappa shape index (κ2) is 12.4. The molecule has 0 unspecified atom stereocenters. The Balaban J connectivity index is 1.10. The number of methoxy groups -OCH3 is 1. The number of nitrogens with zero attached hydrogens (tertiary/aromatic N) is 5. The second-order valence-electron chi connectivity index (χ2n) is 14.3. The Bertz CT molecular complexity index is 2160. The fourth-order valence-electron chi connectivity index (χ4n) is 8.62. The van der Waals surface area contributed by atoms with E-state index in [1.165, 1.54) is 0 Å². The molecule has 0 bridgehead atoms. The maximum Gasteiger partial charge on any atom is 0.264 e. The van der Waals surface area contributed by atoms with Gasteiger partial charge < -0.3 is 23.6 Å². The van der Waals surface area contributed by atoms with Crippen molar-refractivity contribution in [3.05, 3.63) is 107 Å². The molecule has 4 atom stereocenters. The van der Waals surface area contributed by atoms with Gasteiger partial charge in [0.2, 0.25) is 8.41 Å². The molecule has 0 aliphatic carbocycles. The number of aliphatic hydroxyl groups is 1. The van der Waals surface area contributed by atoms with Crippen LogP contribution >= 0.6 is 0 Å². The van der Waals surface area contributed by atoms with Gasteiger partial charge in [0.15, 0.2) is 5.60 Å². The fourth-order valence-corrected chi connectivity index (χ4v) is 11.2. The van der Waals surface area contributed by atoms with Gasteiger partial charge in [0.25, 0.3) is 11.8 Å². The molecule has 3 aliphatic heterocycles. The lowest BCUT2D eigenvalue weighted by atomic mass is 9.82. The molecule has 1 saturated heterocycles. The standard InChI is InChI=1S/C39H40FN5O5Si/c1-24-36(51(3,4)40)34(17-19-43-23-27(18-20-46)41-42-43)50-39(24)31-21-29(49-2)15-16-32(31)44(38(39)48)22-25-11-13-28(14-12-25)45-33-10-6-8-26-7-5-9-30(35(26)33)37(45)47/h5-16,21,23-24,34,36,46H,17-20,22H2,1-4H3/t24-,34+,36-,39+/m0/s1. The summed E-state index contributed by atoms with van der Waals surface area (Å²) in [6, 6.07) is 25.0. The topological polar surface area (TPSA) is 110 Å². The number of aryl methyl sites for hydroxylation is 1. The molecule has 8 rings (SSSR count). The van der Waals surface area contributed by atoms with Crippen LogP contribution in [0.15, 0.2) is 85.1 Å².